The molecular weight excluding hydrogens is 450 g/mol. The number of nitrogens with zero attached hydrogens (tertiary/aromatic N) is 2. The number of nitrogens with one attached hydrogen (secondary N) is 1. The van der Waals surface area contributed by atoms with E-state index in [2.05, 4.69) is 5.32 Å². The van der Waals surface area contributed by atoms with Gasteiger partial charge >= 0.3 is 5.97 Å². The van der Waals surface area contributed by atoms with Crippen LogP contribution in [0, 0.1) is 28.4 Å². The van der Waals surface area contributed by atoms with Crippen LogP contribution in [0.3, 0.4) is 0 Å². The third-order valence-electron chi connectivity index (χ3n) is 5.94. The first-order chi connectivity index (χ1) is 16.5. The van der Waals surface area contributed by atoms with Gasteiger partial charge in [-0.3, -0.25) is 24.5 Å². The molecule has 2 aromatic carbocycles. The molecule has 0 radical (unpaired) electrons. The highest BCUT2D eigenvalue weighted by molar-refractivity contribution is 5.98. The highest BCUT2D eigenvalue weighted by Crippen LogP contribution is 2.30. The molecule has 0 aliphatic carbocycles. The summed E-state index contributed by atoms with van der Waals surface area (Å²) in [4.78, 5) is 51.4. The molecule has 1 fully saturated rings. The summed E-state index contributed by atoms with van der Waals surface area (Å²) >= 11 is 0. The Bertz CT molecular complexity index is 1100. The van der Waals surface area contributed by atoms with Crippen LogP contribution in [-0.2, 0) is 19.1 Å². The average Bonchev–Trinajstić information content (AvgIpc) is 2.82. The maximum absolute atomic E-state index is 13.2. The van der Waals surface area contributed by atoms with Crippen LogP contribution in [0.4, 0.5) is 11.4 Å². The van der Waals surface area contributed by atoms with E-state index in [1.54, 1.807) is 48.2 Å². The van der Waals surface area contributed by atoms with Gasteiger partial charge in [-0.2, -0.15) is 0 Å². The van der Waals surface area contributed by atoms with Crippen molar-refractivity contribution in [3.05, 3.63) is 69.8 Å². The molecule has 35 heavy (non-hydrogen) atoms. The van der Waals surface area contributed by atoms with Gasteiger partial charge in [-0.25, -0.2) is 0 Å². The molecule has 1 heterocycles. The van der Waals surface area contributed by atoms with Crippen molar-refractivity contribution >= 4 is 29.2 Å². The molecule has 1 unspecified atom stereocenters. The number of carbonyl (C=O) groups is 3. The Kier molecular flexibility index (Phi) is 7.89. The van der Waals surface area contributed by atoms with E-state index in [1.807, 2.05) is 20.8 Å². The smallest absolute Gasteiger partial charge is 0.310 e. The Labute approximate surface area is 204 Å². The van der Waals surface area contributed by atoms with Crippen molar-refractivity contribution in [3.8, 4) is 0 Å². The molecular formula is C26H31N3O6. The maximum atomic E-state index is 13.2. The van der Waals surface area contributed by atoms with Crippen LogP contribution in [0.15, 0.2) is 48.5 Å². The number of rotatable bonds is 6. The molecule has 0 bridgehead atoms. The van der Waals surface area contributed by atoms with Gasteiger partial charge in [0, 0.05) is 30.1 Å². The number of anilines is 1. The van der Waals surface area contributed by atoms with Gasteiger partial charge in [0.25, 0.3) is 11.6 Å². The van der Waals surface area contributed by atoms with Crippen molar-refractivity contribution in [2.45, 2.75) is 46.6 Å². The summed E-state index contributed by atoms with van der Waals surface area (Å²) in [6.45, 7) is 8.17. The Hall–Kier alpha value is -3.75. The second kappa shape index (κ2) is 10.7. The van der Waals surface area contributed by atoms with Crippen molar-refractivity contribution in [1.29, 1.82) is 0 Å². The van der Waals surface area contributed by atoms with Crippen LogP contribution in [-0.4, -0.2) is 40.7 Å². The summed E-state index contributed by atoms with van der Waals surface area (Å²) in [6, 6.07) is 13.0. The highest BCUT2D eigenvalue weighted by Gasteiger charge is 2.35. The third kappa shape index (κ3) is 6.44. The first kappa shape index (κ1) is 25.9. The number of esters is 1. The molecule has 1 atom stereocenters. The maximum Gasteiger partial charge on any atom is 0.310 e. The molecule has 0 saturated carbocycles. The van der Waals surface area contributed by atoms with Gasteiger partial charge in [-0.05, 0) is 31.4 Å². The number of amides is 2. The Balaban J connectivity index is 1.75. The number of piperidine rings is 1. The Morgan fingerprint density at radius 1 is 1.09 bits per heavy atom. The van der Waals surface area contributed by atoms with Crippen molar-refractivity contribution in [2.24, 2.45) is 11.3 Å². The molecule has 1 N–H and O–H groups in total. The van der Waals surface area contributed by atoms with E-state index in [0.29, 0.717) is 37.1 Å². The average molecular weight is 482 g/mol. The number of hydrogen-bond donors (Lipinski definition) is 1. The number of hydrogen-bond acceptors (Lipinski definition) is 6. The lowest BCUT2D eigenvalue weighted by Gasteiger charge is -2.35. The summed E-state index contributed by atoms with van der Waals surface area (Å²) < 4.78 is 5.67. The fraction of sp³-hybridized carbons (Fsp3) is 0.423. The van der Waals surface area contributed by atoms with Gasteiger partial charge in [0.1, 0.15) is 5.69 Å². The van der Waals surface area contributed by atoms with Crippen LogP contribution < -0.4 is 5.32 Å². The number of nitro groups is 1. The number of ether oxygens (including phenoxy) is 1. The molecule has 186 valence electrons. The third-order valence-corrected chi connectivity index (χ3v) is 5.94. The molecule has 1 saturated heterocycles. The molecule has 1 aliphatic rings. The number of benzene rings is 2. The summed E-state index contributed by atoms with van der Waals surface area (Å²) in [5.41, 5.74) is 0.414. The van der Waals surface area contributed by atoms with Crippen molar-refractivity contribution in [3.63, 3.8) is 0 Å². The number of aryl methyl sites for hydroxylation is 1. The second-order valence-electron chi connectivity index (χ2n) is 9.81. The number of likely N-dealkylation sites (tertiary alicyclic amines) is 1. The molecule has 0 spiro atoms. The lowest BCUT2D eigenvalue weighted by atomic mass is 9.91. The van der Waals surface area contributed by atoms with Crippen LogP contribution in [0.2, 0.25) is 0 Å². The largest absolute Gasteiger partial charge is 0.447 e. The molecule has 9 nitrogen and oxygen atoms in total. The molecule has 0 aromatic heterocycles. The lowest BCUT2D eigenvalue weighted by molar-refractivity contribution is -0.384. The standard InChI is InChI=1S/C26H31N3O6/c1-17-10-11-20(21(16-17)29(33)34)27-23(30)22(18-8-6-5-7-9-18)35-24(31)19-12-14-28(15-13-19)25(32)26(2,3)4/h5-11,16,19,22H,12-15H2,1-4H3,(H,27,30). The first-order valence-electron chi connectivity index (χ1n) is 11.6. The summed E-state index contributed by atoms with van der Waals surface area (Å²) in [6.07, 6.45) is -0.403. The second-order valence-corrected chi connectivity index (χ2v) is 9.81. The zero-order valence-electron chi connectivity index (χ0n) is 20.4. The predicted octanol–water partition coefficient (Wildman–Crippen LogP) is 4.41. The molecule has 2 amide bonds. The van der Waals surface area contributed by atoms with E-state index in [0.717, 1.165) is 0 Å². The Morgan fingerprint density at radius 2 is 1.71 bits per heavy atom. The fourth-order valence-corrected chi connectivity index (χ4v) is 4.00. The lowest BCUT2D eigenvalue weighted by Crippen LogP contribution is -2.45. The molecule has 1 aliphatic heterocycles. The van der Waals surface area contributed by atoms with Crippen LogP contribution >= 0.6 is 0 Å². The summed E-state index contributed by atoms with van der Waals surface area (Å²) in [5.74, 6) is -1.63. The van der Waals surface area contributed by atoms with Crippen molar-refractivity contribution < 1.29 is 24.0 Å². The SMILES string of the molecule is Cc1ccc(NC(=O)C(OC(=O)C2CCN(C(=O)C(C)(C)C)CC2)c2ccccc2)c([N+](=O)[O-])c1. The van der Waals surface area contributed by atoms with E-state index < -0.39 is 34.2 Å². The van der Waals surface area contributed by atoms with Crippen LogP contribution in [0.5, 0.6) is 0 Å². The van der Waals surface area contributed by atoms with Crippen LogP contribution in [0.1, 0.15) is 50.8 Å². The quantitative estimate of drug-likeness (QED) is 0.371. The number of nitro benzene ring substituents is 1. The zero-order valence-corrected chi connectivity index (χ0v) is 20.4. The minimum absolute atomic E-state index is 0.0246. The van der Waals surface area contributed by atoms with Gasteiger partial charge in [-0.1, -0.05) is 57.2 Å². The van der Waals surface area contributed by atoms with E-state index >= 15 is 0 Å². The van der Waals surface area contributed by atoms with E-state index in [9.17, 15) is 24.5 Å². The Morgan fingerprint density at radius 3 is 2.29 bits per heavy atom. The van der Waals surface area contributed by atoms with Crippen molar-refractivity contribution in [2.75, 3.05) is 18.4 Å². The molecule has 9 heteroatoms. The molecule has 2 aromatic rings. The normalized spacial score (nSPS) is 15.3. The van der Waals surface area contributed by atoms with Crippen LogP contribution in [0.25, 0.3) is 0 Å². The summed E-state index contributed by atoms with van der Waals surface area (Å²) in [7, 11) is 0. The molecule has 3 rings (SSSR count). The number of carbonyl (C=O) groups excluding carboxylic acids is 3. The fourth-order valence-electron chi connectivity index (χ4n) is 4.00. The first-order valence-corrected chi connectivity index (χ1v) is 11.6. The topological polar surface area (TPSA) is 119 Å². The minimum Gasteiger partial charge on any atom is -0.447 e. The van der Waals surface area contributed by atoms with E-state index in [1.165, 1.54) is 12.1 Å². The van der Waals surface area contributed by atoms with Gasteiger partial charge in [-0.15, -0.1) is 0 Å². The van der Waals surface area contributed by atoms with Gasteiger partial charge in [0.05, 0.1) is 10.8 Å². The predicted molar refractivity (Wildman–Crippen MR) is 130 cm³/mol. The van der Waals surface area contributed by atoms with Gasteiger partial charge in [0.15, 0.2) is 0 Å². The van der Waals surface area contributed by atoms with E-state index in [4.69, 9.17) is 4.74 Å². The van der Waals surface area contributed by atoms with Gasteiger partial charge < -0.3 is 15.0 Å². The van der Waals surface area contributed by atoms with E-state index in [-0.39, 0.29) is 17.3 Å². The highest BCUT2D eigenvalue weighted by atomic mass is 16.6. The summed E-state index contributed by atoms with van der Waals surface area (Å²) in [5, 5.41) is 14.0. The zero-order chi connectivity index (χ0) is 25.8. The van der Waals surface area contributed by atoms with Gasteiger partial charge in [0.2, 0.25) is 12.0 Å². The van der Waals surface area contributed by atoms with Crippen molar-refractivity contribution in [1.82, 2.24) is 4.90 Å². The minimum atomic E-state index is -1.28. The monoisotopic (exact) mass is 481 g/mol.